The Morgan fingerprint density at radius 3 is 2.46 bits per heavy atom. The third-order valence-corrected chi connectivity index (χ3v) is 5.06. The molecule has 1 fully saturated rings. The van der Waals surface area contributed by atoms with Gasteiger partial charge in [0.15, 0.2) is 0 Å². The van der Waals surface area contributed by atoms with E-state index in [-0.39, 0.29) is 19.1 Å². The summed E-state index contributed by atoms with van der Waals surface area (Å²) in [4.78, 5) is 25.6. The number of carbonyl (C=O) groups is 2. The zero-order valence-corrected chi connectivity index (χ0v) is 15.0. The number of likely N-dealkylation sites (tertiary alicyclic amines) is 1. The molecule has 2 unspecified atom stereocenters. The first kappa shape index (κ1) is 18.0. The molecule has 0 saturated carbocycles. The second kappa shape index (κ2) is 7.60. The molecule has 26 heavy (non-hydrogen) atoms. The lowest BCUT2D eigenvalue weighted by atomic mass is 9.87. The predicted molar refractivity (Wildman–Crippen MR) is 98.0 cm³/mol. The third kappa shape index (κ3) is 3.87. The molecule has 1 N–H and O–H groups in total. The maximum Gasteiger partial charge on any atom is 0.410 e. The van der Waals surface area contributed by atoms with Crippen molar-refractivity contribution in [2.45, 2.75) is 26.4 Å². The van der Waals surface area contributed by atoms with E-state index in [0.717, 1.165) is 22.3 Å². The molecule has 0 aromatic heterocycles. The number of ether oxygens (including phenoxy) is 1. The molecule has 1 aliphatic rings. The van der Waals surface area contributed by atoms with Crippen LogP contribution in [-0.2, 0) is 16.1 Å². The zero-order chi connectivity index (χ0) is 18.7. The van der Waals surface area contributed by atoms with E-state index in [0.29, 0.717) is 6.54 Å². The maximum absolute atomic E-state index is 12.4. The lowest BCUT2D eigenvalue weighted by Gasteiger charge is -2.17. The van der Waals surface area contributed by atoms with Crippen molar-refractivity contribution in [2.75, 3.05) is 13.1 Å². The topological polar surface area (TPSA) is 66.8 Å². The molecule has 1 saturated heterocycles. The molecule has 2 aromatic carbocycles. The van der Waals surface area contributed by atoms with Gasteiger partial charge >= 0.3 is 12.1 Å². The lowest BCUT2D eigenvalue weighted by Crippen LogP contribution is -2.30. The van der Waals surface area contributed by atoms with Gasteiger partial charge in [-0.25, -0.2) is 4.79 Å². The fraction of sp³-hybridized carbons (Fsp3) is 0.333. The second-order valence-electron chi connectivity index (χ2n) is 6.84. The van der Waals surface area contributed by atoms with Crippen molar-refractivity contribution in [3.8, 4) is 0 Å². The average Bonchev–Trinajstić information content (AvgIpc) is 3.09. The van der Waals surface area contributed by atoms with Gasteiger partial charge < -0.3 is 14.7 Å². The van der Waals surface area contributed by atoms with Crippen LogP contribution in [0, 0.1) is 19.8 Å². The Kier molecular flexibility index (Phi) is 5.26. The summed E-state index contributed by atoms with van der Waals surface area (Å²) in [7, 11) is 0. The van der Waals surface area contributed by atoms with Crippen LogP contribution >= 0.6 is 0 Å². The van der Waals surface area contributed by atoms with E-state index < -0.39 is 18.0 Å². The normalized spacial score (nSPS) is 19.4. The van der Waals surface area contributed by atoms with Gasteiger partial charge in [-0.15, -0.1) is 0 Å². The highest BCUT2D eigenvalue weighted by molar-refractivity contribution is 5.75. The molecular formula is C21H23NO4. The Balaban J connectivity index is 1.71. The molecule has 1 aliphatic heterocycles. The van der Waals surface area contributed by atoms with Crippen LogP contribution in [0.3, 0.4) is 0 Å². The Labute approximate surface area is 153 Å². The van der Waals surface area contributed by atoms with Crippen molar-refractivity contribution in [2.24, 2.45) is 5.92 Å². The smallest absolute Gasteiger partial charge is 0.410 e. The summed E-state index contributed by atoms with van der Waals surface area (Å²) in [6.07, 6.45) is -0.466. The van der Waals surface area contributed by atoms with Gasteiger partial charge in [-0.05, 0) is 36.1 Å². The summed E-state index contributed by atoms with van der Waals surface area (Å²) in [6.45, 7) is 4.74. The van der Waals surface area contributed by atoms with Crippen molar-refractivity contribution < 1.29 is 19.4 Å². The van der Waals surface area contributed by atoms with E-state index in [9.17, 15) is 14.7 Å². The van der Waals surface area contributed by atoms with E-state index in [1.54, 1.807) is 0 Å². The largest absolute Gasteiger partial charge is 0.481 e. The number of hydrogen-bond donors (Lipinski definition) is 1. The van der Waals surface area contributed by atoms with Crippen molar-refractivity contribution >= 4 is 12.1 Å². The number of benzene rings is 2. The highest BCUT2D eigenvalue weighted by Gasteiger charge is 2.41. The third-order valence-electron chi connectivity index (χ3n) is 5.06. The van der Waals surface area contributed by atoms with Crippen molar-refractivity contribution in [1.29, 1.82) is 0 Å². The maximum atomic E-state index is 12.4. The molecule has 0 aliphatic carbocycles. The van der Waals surface area contributed by atoms with Crippen LogP contribution in [0.4, 0.5) is 4.79 Å². The first-order valence-corrected chi connectivity index (χ1v) is 8.71. The molecule has 1 amide bonds. The summed E-state index contributed by atoms with van der Waals surface area (Å²) in [5, 5.41) is 9.60. The van der Waals surface area contributed by atoms with Crippen LogP contribution < -0.4 is 0 Å². The minimum atomic E-state index is -0.883. The van der Waals surface area contributed by atoms with Gasteiger partial charge in [0.25, 0.3) is 0 Å². The Hall–Kier alpha value is -2.82. The standard InChI is InChI=1S/C21H23NO4/c1-14-8-9-17(10-15(14)2)18-11-22(12-19(18)20(23)24)21(25)26-13-16-6-4-3-5-7-16/h3-10,18-19H,11-13H2,1-2H3,(H,23,24). The van der Waals surface area contributed by atoms with Gasteiger partial charge in [0, 0.05) is 19.0 Å². The molecule has 1 heterocycles. The zero-order valence-electron chi connectivity index (χ0n) is 15.0. The second-order valence-corrected chi connectivity index (χ2v) is 6.84. The highest BCUT2D eigenvalue weighted by atomic mass is 16.6. The van der Waals surface area contributed by atoms with Crippen LogP contribution in [0.25, 0.3) is 0 Å². The van der Waals surface area contributed by atoms with Crippen LogP contribution in [0.5, 0.6) is 0 Å². The quantitative estimate of drug-likeness (QED) is 0.909. The van der Waals surface area contributed by atoms with Crippen molar-refractivity contribution in [3.05, 3.63) is 70.8 Å². The number of carbonyl (C=O) groups excluding carboxylic acids is 1. The van der Waals surface area contributed by atoms with Gasteiger partial charge in [-0.3, -0.25) is 4.79 Å². The van der Waals surface area contributed by atoms with Crippen LogP contribution in [0.1, 0.15) is 28.2 Å². The number of rotatable bonds is 4. The summed E-state index contributed by atoms with van der Waals surface area (Å²) >= 11 is 0. The number of nitrogens with zero attached hydrogens (tertiary/aromatic N) is 1. The number of carboxylic acid groups (broad SMARTS) is 1. The molecule has 0 radical (unpaired) electrons. The SMILES string of the molecule is Cc1ccc(C2CN(C(=O)OCc3ccccc3)CC2C(=O)O)cc1C. The fourth-order valence-electron chi connectivity index (χ4n) is 3.35. The molecule has 0 spiro atoms. The Bertz CT molecular complexity index is 803. The van der Waals surface area contributed by atoms with Gasteiger partial charge in [0.1, 0.15) is 6.61 Å². The molecular weight excluding hydrogens is 330 g/mol. The number of hydrogen-bond acceptors (Lipinski definition) is 3. The summed E-state index contributed by atoms with van der Waals surface area (Å²) in [5.41, 5.74) is 4.15. The van der Waals surface area contributed by atoms with Gasteiger partial charge in [-0.1, -0.05) is 48.5 Å². The van der Waals surface area contributed by atoms with E-state index >= 15 is 0 Å². The summed E-state index contributed by atoms with van der Waals surface area (Å²) < 4.78 is 5.36. The fourth-order valence-corrected chi connectivity index (χ4v) is 3.35. The van der Waals surface area contributed by atoms with Gasteiger partial charge in [-0.2, -0.15) is 0 Å². The molecule has 0 bridgehead atoms. The summed E-state index contributed by atoms with van der Waals surface area (Å²) in [5.74, 6) is -1.73. The monoisotopic (exact) mass is 353 g/mol. The minimum absolute atomic E-state index is 0.167. The number of aryl methyl sites for hydroxylation is 2. The van der Waals surface area contributed by atoms with Crippen LogP contribution in [0.15, 0.2) is 48.5 Å². The van der Waals surface area contributed by atoms with E-state index in [1.807, 2.05) is 62.4 Å². The van der Waals surface area contributed by atoms with Crippen LogP contribution in [0.2, 0.25) is 0 Å². The van der Waals surface area contributed by atoms with Crippen molar-refractivity contribution in [1.82, 2.24) is 4.90 Å². The minimum Gasteiger partial charge on any atom is -0.481 e. The summed E-state index contributed by atoms with van der Waals surface area (Å²) in [6, 6.07) is 15.4. The first-order chi connectivity index (χ1) is 12.5. The van der Waals surface area contributed by atoms with E-state index in [4.69, 9.17) is 4.74 Å². The molecule has 5 nitrogen and oxygen atoms in total. The molecule has 5 heteroatoms. The molecule has 3 rings (SSSR count). The first-order valence-electron chi connectivity index (χ1n) is 8.71. The molecule has 2 aromatic rings. The average molecular weight is 353 g/mol. The van der Waals surface area contributed by atoms with Crippen molar-refractivity contribution in [3.63, 3.8) is 0 Å². The van der Waals surface area contributed by atoms with Crippen LogP contribution in [-0.4, -0.2) is 35.2 Å². The molecule has 136 valence electrons. The Morgan fingerprint density at radius 1 is 1.08 bits per heavy atom. The number of aliphatic carboxylic acids is 1. The number of carboxylic acids is 1. The predicted octanol–water partition coefficient (Wildman–Crippen LogP) is 3.74. The van der Waals surface area contributed by atoms with Gasteiger partial charge in [0.05, 0.1) is 5.92 Å². The molecule has 2 atom stereocenters. The highest BCUT2D eigenvalue weighted by Crippen LogP contribution is 2.34. The van der Waals surface area contributed by atoms with E-state index in [1.165, 1.54) is 4.90 Å². The van der Waals surface area contributed by atoms with Gasteiger partial charge in [0.2, 0.25) is 0 Å². The van der Waals surface area contributed by atoms with E-state index in [2.05, 4.69) is 0 Å². The number of amides is 1. The lowest BCUT2D eigenvalue weighted by molar-refractivity contribution is -0.141. The Morgan fingerprint density at radius 2 is 1.81 bits per heavy atom.